The van der Waals surface area contributed by atoms with Crippen LogP contribution in [0.5, 0.6) is 5.75 Å². The fourth-order valence-electron chi connectivity index (χ4n) is 3.28. The van der Waals surface area contributed by atoms with E-state index in [1.165, 1.54) is 24.3 Å². The van der Waals surface area contributed by atoms with Crippen LogP contribution in [0, 0.1) is 5.41 Å². The molecule has 0 unspecified atom stereocenters. The van der Waals surface area contributed by atoms with E-state index in [0.717, 1.165) is 25.7 Å². The Morgan fingerprint density at radius 2 is 1.85 bits per heavy atom. The summed E-state index contributed by atoms with van der Waals surface area (Å²) in [4.78, 5) is 18.3. The lowest BCUT2D eigenvalue weighted by Crippen LogP contribution is -2.48. The summed E-state index contributed by atoms with van der Waals surface area (Å²) >= 11 is 0. The van der Waals surface area contributed by atoms with Crippen LogP contribution in [0.1, 0.15) is 31.2 Å². The summed E-state index contributed by atoms with van der Waals surface area (Å²) in [5, 5.41) is 3.02. The first kappa shape index (κ1) is 20.9. The SMILES string of the molecule is CN(C)C(=O)C1(CNC(N)=NCc2ccc(OC(F)(F)F)cc2)CCCC1. The zero-order chi connectivity index (χ0) is 20.1. The van der Waals surface area contributed by atoms with Crippen molar-refractivity contribution in [2.45, 2.75) is 38.6 Å². The molecule has 0 spiro atoms. The van der Waals surface area contributed by atoms with E-state index in [9.17, 15) is 18.0 Å². The molecule has 1 aromatic carbocycles. The molecule has 1 aliphatic rings. The van der Waals surface area contributed by atoms with Gasteiger partial charge >= 0.3 is 6.36 Å². The molecule has 0 saturated heterocycles. The fraction of sp³-hybridized carbons (Fsp3) is 0.556. The molecule has 2 rings (SSSR count). The predicted octanol–water partition coefficient (Wildman–Crippen LogP) is 2.64. The van der Waals surface area contributed by atoms with Crippen molar-refractivity contribution in [3.8, 4) is 5.75 Å². The lowest BCUT2D eigenvalue weighted by molar-refractivity contribution is -0.274. The number of nitrogens with zero attached hydrogens (tertiary/aromatic N) is 2. The number of alkyl halides is 3. The van der Waals surface area contributed by atoms with E-state index in [1.807, 2.05) is 0 Å². The van der Waals surface area contributed by atoms with E-state index in [4.69, 9.17) is 5.73 Å². The molecule has 0 aromatic heterocycles. The van der Waals surface area contributed by atoms with Crippen LogP contribution < -0.4 is 15.8 Å². The Morgan fingerprint density at radius 3 is 2.37 bits per heavy atom. The minimum Gasteiger partial charge on any atom is -0.406 e. The quantitative estimate of drug-likeness (QED) is 0.582. The van der Waals surface area contributed by atoms with Gasteiger partial charge in [0.15, 0.2) is 5.96 Å². The number of carbonyl (C=O) groups is 1. The number of aliphatic imine (C=N–C) groups is 1. The number of benzene rings is 1. The summed E-state index contributed by atoms with van der Waals surface area (Å²) < 4.78 is 40.3. The molecule has 27 heavy (non-hydrogen) atoms. The second kappa shape index (κ2) is 8.49. The van der Waals surface area contributed by atoms with E-state index < -0.39 is 11.8 Å². The van der Waals surface area contributed by atoms with Crippen LogP contribution in [0.4, 0.5) is 13.2 Å². The van der Waals surface area contributed by atoms with E-state index in [0.29, 0.717) is 12.1 Å². The van der Waals surface area contributed by atoms with Gasteiger partial charge in [-0.3, -0.25) is 4.79 Å². The third kappa shape index (κ3) is 6.04. The lowest BCUT2D eigenvalue weighted by atomic mass is 9.84. The molecule has 0 atom stereocenters. The zero-order valence-electron chi connectivity index (χ0n) is 15.5. The van der Waals surface area contributed by atoms with Gasteiger partial charge < -0.3 is 20.7 Å². The van der Waals surface area contributed by atoms with Crippen LogP contribution in [0.2, 0.25) is 0 Å². The standard InChI is InChI=1S/C18H25F3N4O2/c1-25(2)15(26)17(9-3-4-10-17)12-24-16(22)23-11-13-5-7-14(8-6-13)27-18(19,20)21/h5-8H,3-4,9-12H2,1-2H3,(H3,22,23,24). The number of hydrogen-bond acceptors (Lipinski definition) is 3. The first-order chi connectivity index (χ1) is 12.6. The smallest absolute Gasteiger partial charge is 0.406 e. The van der Waals surface area contributed by atoms with Crippen molar-refractivity contribution in [1.82, 2.24) is 10.2 Å². The van der Waals surface area contributed by atoms with E-state index >= 15 is 0 Å². The second-order valence-electron chi connectivity index (χ2n) is 6.93. The predicted molar refractivity (Wildman–Crippen MR) is 96.0 cm³/mol. The number of nitrogens with two attached hydrogens (primary N) is 1. The Bertz CT molecular complexity index is 666. The minimum absolute atomic E-state index is 0.0838. The molecular weight excluding hydrogens is 361 g/mol. The molecule has 150 valence electrons. The maximum atomic E-state index is 12.5. The summed E-state index contributed by atoms with van der Waals surface area (Å²) in [6, 6.07) is 5.44. The largest absolute Gasteiger partial charge is 0.573 e. The molecule has 0 aliphatic heterocycles. The summed E-state index contributed by atoms with van der Waals surface area (Å²) in [6.07, 6.45) is -1.08. The summed E-state index contributed by atoms with van der Waals surface area (Å²) in [7, 11) is 3.48. The number of nitrogens with one attached hydrogen (secondary N) is 1. The van der Waals surface area contributed by atoms with E-state index in [1.54, 1.807) is 19.0 Å². The number of amides is 1. The lowest BCUT2D eigenvalue weighted by Gasteiger charge is -2.31. The first-order valence-corrected chi connectivity index (χ1v) is 8.71. The van der Waals surface area contributed by atoms with Crippen LogP contribution in [0.15, 0.2) is 29.3 Å². The maximum absolute atomic E-state index is 12.5. The van der Waals surface area contributed by atoms with Crippen LogP contribution in [0.25, 0.3) is 0 Å². The number of ether oxygens (including phenoxy) is 1. The molecule has 0 bridgehead atoms. The van der Waals surface area contributed by atoms with Crippen molar-refractivity contribution in [3.63, 3.8) is 0 Å². The summed E-state index contributed by atoms with van der Waals surface area (Å²) in [5.41, 5.74) is 6.12. The summed E-state index contributed by atoms with van der Waals surface area (Å²) in [5.74, 6) is -0.00398. The van der Waals surface area contributed by atoms with Crippen LogP contribution >= 0.6 is 0 Å². The molecule has 1 amide bonds. The van der Waals surface area contributed by atoms with Gasteiger partial charge in [0.1, 0.15) is 5.75 Å². The van der Waals surface area contributed by atoms with E-state index in [2.05, 4.69) is 15.0 Å². The molecule has 1 fully saturated rings. The number of carbonyl (C=O) groups excluding carboxylic acids is 1. The maximum Gasteiger partial charge on any atom is 0.573 e. The van der Waals surface area contributed by atoms with Gasteiger partial charge in [0.2, 0.25) is 5.91 Å². The average molecular weight is 386 g/mol. The highest BCUT2D eigenvalue weighted by Crippen LogP contribution is 2.38. The van der Waals surface area contributed by atoms with Crippen molar-refractivity contribution in [1.29, 1.82) is 0 Å². The molecule has 1 saturated carbocycles. The Hall–Kier alpha value is -2.45. The van der Waals surface area contributed by atoms with Crippen molar-refractivity contribution < 1.29 is 22.7 Å². The molecule has 6 nitrogen and oxygen atoms in total. The van der Waals surface area contributed by atoms with Crippen molar-refractivity contribution in [2.75, 3.05) is 20.6 Å². The molecule has 3 N–H and O–H groups in total. The third-order valence-corrected chi connectivity index (χ3v) is 4.62. The highest BCUT2D eigenvalue weighted by Gasteiger charge is 2.41. The van der Waals surface area contributed by atoms with Crippen molar-refractivity contribution in [2.24, 2.45) is 16.1 Å². The fourth-order valence-corrected chi connectivity index (χ4v) is 3.28. The number of halogens is 3. The van der Waals surface area contributed by atoms with Crippen LogP contribution in [-0.2, 0) is 11.3 Å². The normalized spacial score (nSPS) is 16.9. The molecule has 0 heterocycles. The van der Waals surface area contributed by atoms with Gasteiger partial charge in [-0.05, 0) is 30.5 Å². The second-order valence-corrected chi connectivity index (χ2v) is 6.93. The molecule has 1 aromatic rings. The number of rotatable bonds is 6. The van der Waals surface area contributed by atoms with Gasteiger partial charge in [-0.1, -0.05) is 25.0 Å². The van der Waals surface area contributed by atoms with Gasteiger partial charge in [0, 0.05) is 20.6 Å². The Balaban J connectivity index is 1.91. The first-order valence-electron chi connectivity index (χ1n) is 8.71. The molecule has 0 radical (unpaired) electrons. The van der Waals surface area contributed by atoms with Gasteiger partial charge in [0.05, 0.1) is 12.0 Å². The van der Waals surface area contributed by atoms with E-state index in [-0.39, 0.29) is 24.2 Å². The van der Waals surface area contributed by atoms with Crippen molar-refractivity contribution in [3.05, 3.63) is 29.8 Å². The van der Waals surface area contributed by atoms with Gasteiger partial charge in [-0.2, -0.15) is 0 Å². The monoisotopic (exact) mass is 386 g/mol. The molecule has 9 heteroatoms. The van der Waals surface area contributed by atoms with Gasteiger partial charge in [-0.25, -0.2) is 4.99 Å². The Labute approximate surface area is 156 Å². The third-order valence-electron chi connectivity index (χ3n) is 4.62. The highest BCUT2D eigenvalue weighted by atomic mass is 19.4. The number of guanidine groups is 1. The number of hydrogen-bond donors (Lipinski definition) is 2. The van der Waals surface area contributed by atoms with Crippen LogP contribution in [-0.4, -0.2) is 43.8 Å². The summed E-state index contributed by atoms with van der Waals surface area (Å²) in [6.45, 7) is 0.622. The highest BCUT2D eigenvalue weighted by molar-refractivity contribution is 5.84. The van der Waals surface area contributed by atoms with Crippen molar-refractivity contribution >= 4 is 11.9 Å². The zero-order valence-corrected chi connectivity index (χ0v) is 15.5. The molecule has 1 aliphatic carbocycles. The Kier molecular flexibility index (Phi) is 6.56. The van der Waals surface area contributed by atoms with Gasteiger partial charge in [-0.15, -0.1) is 13.2 Å². The average Bonchev–Trinajstić information content (AvgIpc) is 3.07. The molecular formula is C18H25F3N4O2. The minimum atomic E-state index is -4.71. The van der Waals surface area contributed by atoms with Gasteiger partial charge in [0.25, 0.3) is 0 Å². The Morgan fingerprint density at radius 1 is 1.26 bits per heavy atom. The topological polar surface area (TPSA) is 80.0 Å². The van der Waals surface area contributed by atoms with Crippen LogP contribution in [0.3, 0.4) is 0 Å².